The van der Waals surface area contributed by atoms with Gasteiger partial charge in [-0.25, -0.2) is 0 Å². The molecule has 94 valence electrons. The van der Waals surface area contributed by atoms with Gasteiger partial charge >= 0.3 is 0 Å². The van der Waals surface area contributed by atoms with Gasteiger partial charge in [-0.15, -0.1) is 0 Å². The van der Waals surface area contributed by atoms with Crippen LogP contribution in [0.3, 0.4) is 0 Å². The summed E-state index contributed by atoms with van der Waals surface area (Å²) in [5, 5.41) is 6.90. The first-order valence-electron chi connectivity index (χ1n) is 6.10. The minimum atomic E-state index is -0.0856. The highest BCUT2D eigenvalue weighted by Gasteiger charge is 2.27. The van der Waals surface area contributed by atoms with Crippen molar-refractivity contribution < 1.29 is 4.79 Å². The fourth-order valence-electron chi connectivity index (χ4n) is 1.92. The van der Waals surface area contributed by atoms with Crippen molar-refractivity contribution in [1.29, 1.82) is 0 Å². The summed E-state index contributed by atoms with van der Waals surface area (Å²) in [5.74, 6) is 0.837. The van der Waals surface area contributed by atoms with Crippen LogP contribution in [0.25, 0.3) is 0 Å². The smallest absolute Gasteiger partial charge is 0.276 e. The first-order valence-corrected chi connectivity index (χ1v) is 6.10. The quantitative estimate of drug-likeness (QED) is 0.833. The molecular formula is C12H20N4O. The summed E-state index contributed by atoms with van der Waals surface area (Å²) in [4.78, 5) is 13.8. The number of nitrogens with one attached hydrogen (secondary N) is 1. The number of carbonyl (C=O) groups excluding carboxylic acids is 1. The summed E-state index contributed by atoms with van der Waals surface area (Å²) < 4.78 is 0. The molecule has 0 saturated heterocycles. The lowest BCUT2D eigenvalue weighted by Crippen LogP contribution is -2.29. The average Bonchev–Trinajstić information content (AvgIpc) is 2.98. The number of nitrogens with zero attached hydrogens (tertiary/aromatic N) is 2. The van der Waals surface area contributed by atoms with Gasteiger partial charge in [0, 0.05) is 13.6 Å². The number of carbonyl (C=O) groups is 1. The standard InChI is InChI=1S/C12H20N4O/c1-7(2)10-9(13)11(15-14-10)12(17)16(3)6-8-4-5-8/h7-8H,4-6,13H2,1-3H3,(H,14,15). The summed E-state index contributed by atoms with van der Waals surface area (Å²) in [6.07, 6.45) is 2.45. The van der Waals surface area contributed by atoms with E-state index < -0.39 is 0 Å². The predicted molar refractivity (Wildman–Crippen MR) is 66.8 cm³/mol. The number of nitrogens with two attached hydrogens (primary N) is 1. The number of aromatic amines is 1. The molecule has 0 unspecified atom stereocenters. The highest BCUT2D eigenvalue weighted by Crippen LogP contribution is 2.30. The Morgan fingerprint density at radius 2 is 2.24 bits per heavy atom. The van der Waals surface area contributed by atoms with E-state index in [9.17, 15) is 4.79 Å². The zero-order valence-electron chi connectivity index (χ0n) is 10.7. The summed E-state index contributed by atoms with van der Waals surface area (Å²) in [6, 6.07) is 0. The van der Waals surface area contributed by atoms with Gasteiger partial charge in [-0.3, -0.25) is 9.89 Å². The van der Waals surface area contributed by atoms with Crippen molar-refractivity contribution in [3.63, 3.8) is 0 Å². The van der Waals surface area contributed by atoms with Gasteiger partial charge < -0.3 is 10.6 Å². The molecule has 1 aliphatic carbocycles. The maximum Gasteiger partial charge on any atom is 0.276 e. The molecule has 0 spiro atoms. The zero-order valence-corrected chi connectivity index (χ0v) is 10.7. The van der Waals surface area contributed by atoms with Gasteiger partial charge in [0.15, 0.2) is 5.69 Å². The maximum absolute atomic E-state index is 12.1. The molecule has 1 saturated carbocycles. The lowest BCUT2D eigenvalue weighted by Gasteiger charge is -2.15. The topological polar surface area (TPSA) is 75.0 Å². The van der Waals surface area contributed by atoms with Crippen molar-refractivity contribution in [2.75, 3.05) is 19.3 Å². The molecule has 17 heavy (non-hydrogen) atoms. The van der Waals surface area contributed by atoms with Crippen molar-refractivity contribution in [3.05, 3.63) is 11.4 Å². The molecule has 3 N–H and O–H groups in total. The van der Waals surface area contributed by atoms with E-state index in [2.05, 4.69) is 10.2 Å². The minimum absolute atomic E-state index is 0.0856. The number of amides is 1. The van der Waals surface area contributed by atoms with Crippen molar-refractivity contribution in [2.24, 2.45) is 5.92 Å². The number of nitrogen functional groups attached to an aromatic ring is 1. The van der Waals surface area contributed by atoms with Crippen LogP contribution in [0.4, 0.5) is 5.69 Å². The SMILES string of the molecule is CC(C)c1[nH]nc(C(=O)N(C)CC2CC2)c1N. The summed E-state index contributed by atoms with van der Waals surface area (Å²) in [6.45, 7) is 4.85. The molecule has 0 radical (unpaired) electrons. The molecule has 0 aliphatic heterocycles. The molecule has 1 fully saturated rings. The molecule has 1 aromatic heterocycles. The van der Waals surface area contributed by atoms with Gasteiger partial charge in [-0.1, -0.05) is 13.8 Å². The van der Waals surface area contributed by atoms with Gasteiger partial charge in [0.2, 0.25) is 0 Å². The Morgan fingerprint density at radius 3 is 2.71 bits per heavy atom. The molecule has 1 aliphatic rings. The number of rotatable bonds is 4. The lowest BCUT2D eigenvalue weighted by molar-refractivity contribution is 0.0784. The number of hydrogen-bond acceptors (Lipinski definition) is 3. The first-order chi connectivity index (χ1) is 8.00. The Bertz CT molecular complexity index is 420. The van der Waals surface area contributed by atoms with Crippen LogP contribution in [0.2, 0.25) is 0 Å². The Kier molecular flexibility index (Phi) is 3.09. The van der Waals surface area contributed by atoms with Crippen LogP contribution < -0.4 is 5.73 Å². The van der Waals surface area contributed by atoms with E-state index >= 15 is 0 Å². The Hall–Kier alpha value is -1.52. The van der Waals surface area contributed by atoms with Crippen LogP contribution in [-0.2, 0) is 0 Å². The van der Waals surface area contributed by atoms with Crippen LogP contribution >= 0.6 is 0 Å². The van der Waals surface area contributed by atoms with E-state index in [1.807, 2.05) is 20.9 Å². The average molecular weight is 236 g/mol. The van der Waals surface area contributed by atoms with E-state index in [1.54, 1.807) is 4.90 Å². The third kappa shape index (κ3) is 2.43. The molecule has 1 aromatic rings. The molecule has 0 aromatic carbocycles. The number of aromatic nitrogens is 2. The number of anilines is 1. The van der Waals surface area contributed by atoms with Crippen LogP contribution in [-0.4, -0.2) is 34.6 Å². The second kappa shape index (κ2) is 4.39. The highest BCUT2D eigenvalue weighted by atomic mass is 16.2. The molecule has 5 nitrogen and oxygen atoms in total. The lowest BCUT2D eigenvalue weighted by atomic mass is 10.1. The first kappa shape index (κ1) is 12.0. The number of H-pyrrole nitrogens is 1. The highest BCUT2D eigenvalue weighted by molar-refractivity contribution is 5.97. The third-order valence-electron chi connectivity index (χ3n) is 3.19. The minimum Gasteiger partial charge on any atom is -0.395 e. The van der Waals surface area contributed by atoms with Gasteiger partial charge in [0.25, 0.3) is 5.91 Å². The maximum atomic E-state index is 12.1. The second-order valence-corrected chi connectivity index (χ2v) is 5.18. The Morgan fingerprint density at radius 1 is 1.59 bits per heavy atom. The van der Waals surface area contributed by atoms with E-state index in [4.69, 9.17) is 5.73 Å². The Labute approximate surface area is 101 Å². The van der Waals surface area contributed by atoms with Crippen LogP contribution in [0.15, 0.2) is 0 Å². The molecule has 0 bridgehead atoms. The largest absolute Gasteiger partial charge is 0.395 e. The zero-order chi connectivity index (χ0) is 12.6. The number of hydrogen-bond donors (Lipinski definition) is 2. The van der Waals surface area contributed by atoms with E-state index in [0.29, 0.717) is 17.3 Å². The molecule has 5 heteroatoms. The summed E-state index contributed by atoms with van der Waals surface area (Å²) in [7, 11) is 1.81. The van der Waals surface area contributed by atoms with Gasteiger partial charge in [-0.2, -0.15) is 5.10 Å². The van der Waals surface area contributed by atoms with Crippen LogP contribution in [0.1, 0.15) is 48.8 Å². The summed E-state index contributed by atoms with van der Waals surface area (Å²) >= 11 is 0. The normalized spacial score (nSPS) is 15.3. The van der Waals surface area contributed by atoms with Gasteiger partial charge in [0.1, 0.15) is 0 Å². The van der Waals surface area contributed by atoms with Crippen molar-refractivity contribution in [3.8, 4) is 0 Å². The predicted octanol–water partition coefficient (Wildman–Crippen LogP) is 1.60. The van der Waals surface area contributed by atoms with Crippen molar-refractivity contribution in [2.45, 2.75) is 32.6 Å². The second-order valence-electron chi connectivity index (χ2n) is 5.18. The van der Waals surface area contributed by atoms with Crippen LogP contribution in [0.5, 0.6) is 0 Å². The van der Waals surface area contributed by atoms with Crippen molar-refractivity contribution in [1.82, 2.24) is 15.1 Å². The Balaban J connectivity index is 2.12. The molecular weight excluding hydrogens is 216 g/mol. The van der Waals surface area contributed by atoms with E-state index in [0.717, 1.165) is 12.2 Å². The van der Waals surface area contributed by atoms with E-state index in [-0.39, 0.29) is 11.8 Å². The third-order valence-corrected chi connectivity index (χ3v) is 3.19. The molecule has 2 rings (SSSR count). The molecule has 1 amide bonds. The monoisotopic (exact) mass is 236 g/mol. The summed E-state index contributed by atoms with van der Waals surface area (Å²) in [5.41, 5.74) is 7.64. The fourth-order valence-corrected chi connectivity index (χ4v) is 1.92. The molecule has 0 atom stereocenters. The van der Waals surface area contributed by atoms with Gasteiger partial charge in [0.05, 0.1) is 11.4 Å². The van der Waals surface area contributed by atoms with Crippen LogP contribution in [0, 0.1) is 5.92 Å². The van der Waals surface area contributed by atoms with Gasteiger partial charge in [-0.05, 0) is 24.7 Å². The molecule has 1 heterocycles. The van der Waals surface area contributed by atoms with E-state index in [1.165, 1.54) is 12.8 Å². The van der Waals surface area contributed by atoms with Crippen molar-refractivity contribution >= 4 is 11.6 Å². The fraction of sp³-hybridized carbons (Fsp3) is 0.667.